The first-order valence-corrected chi connectivity index (χ1v) is 17.7. The molecule has 0 spiro atoms. The number of amides is 5. The molecule has 5 rings (SSSR count). The van der Waals surface area contributed by atoms with Crippen LogP contribution in [0.25, 0.3) is 22.4 Å². The fourth-order valence-corrected chi connectivity index (χ4v) is 6.75. The molecule has 3 heterocycles. The number of benzene rings is 2. The zero-order valence-electron chi connectivity index (χ0n) is 30.6. The molecule has 14 nitrogen and oxygen atoms in total. The highest BCUT2D eigenvalue weighted by Gasteiger charge is 2.38. The van der Waals surface area contributed by atoms with Crippen LogP contribution in [-0.4, -0.2) is 95.6 Å². The Morgan fingerprint density at radius 2 is 1.33 bits per heavy atom. The average Bonchev–Trinajstić information content (AvgIpc) is 3.94. The lowest BCUT2D eigenvalue weighted by molar-refractivity contribution is -0.135. The Kier molecular flexibility index (Phi) is 12.2. The lowest BCUT2D eigenvalue weighted by Crippen LogP contribution is -2.51. The Hall–Kier alpha value is -5.40. The molecule has 0 aliphatic carbocycles. The normalized spacial score (nSPS) is 18.2. The number of likely N-dealkylation sites (tertiary alicyclic amines) is 2. The number of ether oxygens (including phenoxy) is 2. The number of carbonyl (C=O) groups is 5. The van der Waals surface area contributed by atoms with Gasteiger partial charge in [-0.2, -0.15) is 0 Å². The number of nitrogens with one attached hydrogen (secondary N) is 4. The molecule has 1 aromatic heterocycles. The van der Waals surface area contributed by atoms with Gasteiger partial charge >= 0.3 is 12.2 Å². The highest BCUT2D eigenvalue weighted by molar-refractivity contribution is 5.94. The SMILES string of the molecule is COC(=O)N[C@H](C(=O)N1CC[C@H](C(=O)Nc2ccc(-c3ccc(-c4cnc([C@@H]5CCCN5C(=O)[C@@H](NC(=O)OC)C(C)C)[nH]4)cc3)cc2)C1)C(C)C. The summed E-state index contributed by atoms with van der Waals surface area (Å²) in [6, 6.07) is 14.0. The van der Waals surface area contributed by atoms with Crippen molar-refractivity contribution in [3.05, 3.63) is 60.6 Å². The molecular formula is C38H49N7O7. The van der Waals surface area contributed by atoms with Crippen LogP contribution in [-0.2, 0) is 23.9 Å². The lowest BCUT2D eigenvalue weighted by atomic mass is 10.0. The zero-order chi connectivity index (χ0) is 37.5. The summed E-state index contributed by atoms with van der Waals surface area (Å²) in [5.41, 5.74) is 4.41. The number of hydrogen-bond donors (Lipinski definition) is 4. The van der Waals surface area contributed by atoms with E-state index < -0.39 is 24.3 Å². The lowest BCUT2D eigenvalue weighted by Gasteiger charge is -2.30. The summed E-state index contributed by atoms with van der Waals surface area (Å²) in [7, 11) is 2.53. The van der Waals surface area contributed by atoms with E-state index in [2.05, 4.69) is 30.7 Å². The van der Waals surface area contributed by atoms with Crippen molar-refractivity contribution in [2.45, 2.75) is 65.1 Å². The average molecular weight is 716 g/mol. The second kappa shape index (κ2) is 16.7. The molecule has 2 fully saturated rings. The minimum atomic E-state index is -0.727. The van der Waals surface area contributed by atoms with E-state index in [0.29, 0.717) is 31.0 Å². The van der Waals surface area contributed by atoms with Gasteiger partial charge in [0.1, 0.15) is 17.9 Å². The predicted molar refractivity (Wildman–Crippen MR) is 195 cm³/mol. The van der Waals surface area contributed by atoms with Crippen LogP contribution in [0.15, 0.2) is 54.7 Å². The van der Waals surface area contributed by atoms with Crippen molar-refractivity contribution >= 4 is 35.6 Å². The van der Waals surface area contributed by atoms with Gasteiger partial charge in [-0.15, -0.1) is 0 Å². The molecular weight excluding hydrogens is 666 g/mol. The molecule has 0 unspecified atom stereocenters. The fraction of sp³-hybridized carbons (Fsp3) is 0.474. The van der Waals surface area contributed by atoms with Gasteiger partial charge in [0.15, 0.2) is 0 Å². The van der Waals surface area contributed by atoms with Crippen LogP contribution in [0.5, 0.6) is 0 Å². The van der Waals surface area contributed by atoms with E-state index in [1.807, 2.05) is 76.2 Å². The molecule has 52 heavy (non-hydrogen) atoms. The van der Waals surface area contributed by atoms with Crippen molar-refractivity contribution in [2.24, 2.45) is 17.8 Å². The van der Waals surface area contributed by atoms with E-state index >= 15 is 0 Å². The number of H-pyrrole nitrogens is 1. The summed E-state index contributed by atoms with van der Waals surface area (Å²) in [5.74, 6) is -0.439. The molecule has 2 aliphatic heterocycles. The summed E-state index contributed by atoms with van der Waals surface area (Å²) < 4.78 is 9.40. The number of rotatable bonds is 11. The van der Waals surface area contributed by atoms with E-state index in [1.54, 1.807) is 16.0 Å². The summed E-state index contributed by atoms with van der Waals surface area (Å²) in [6.45, 7) is 8.77. The quantitative estimate of drug-likeness (QED) is 0.216. The number of aromatic amines is 1. The standard InChI is InChI=1S/C38H49N7O7/c1-22(2)31(42-37(49)51-5)35(47)44-19-17-27(21-44)34(46)40-28-15-13-25(14-16-28)24-9-11-26(12-10-24)29-20-39-33(41-29)30-8-7-18-45(30)36(48)32(23(3)4)43-38(50)52-6/h9-16,20,22-23,27,30-32H,7-8,17-19,21H2,1-6H3,(H,39,41)(H,40,46)(H,42,49)(H,43,50)/t27-,30-,31-,32-/m0/s1. The molecule has 5 amide bonds. The Labute approximate surface area is 304 Å². The number of aromatic nitrogens is 2. The number of methoxy groups -OCH3 is 2. The molecule has 14 heteroatoms. The van der Waals surface area contributed by atoms with Crippen molar-refractivity contribution in [3.8, 4) is 22.4 Å². The van der Waals surface area contributed by atoms with Gasteiger partial charge in [-0.1, -0.05) is 64.1 Å². The zero-order valence-corrected chi connectivity index (χ0v) is 30.6. The molecule has 0 radical (unpaired) electrons. The molecule has 0 saturated carbocycles. The number of anilines is 1. The number of alkyl carbamates (subject to hydrolysis) is 2. The van der Waals surface area contributed by atoms with Crippen molar-refractivity contribution in [1.82, 2.24) is 30.4 Å². The smallest absolute Gasteiger partial charge is 0.407 e. The third kappa shape index (κ3) is 8.72. The second-order valence-electron chi connectivity index (χ2n) is 14.0. The van der Waals surface area contributed by atoms with E-state index in [1.165, 1.54) is 14.2 Å². The molecule has 4 atom stereocenters. The van der Waals surface area contributed by atoms with Gasteiger partial charge in [-0.3, -0.25) is 14.4 Å². The number of hydrogen-bond acceptors (Lipinski definition) is 8. The highest BCUT2D eigenvalue weighted by atomic mass is 16.5. The van der Waals surface area contributed by atoms with Crippen LogP contribution < -0.4 is 16.0 Å². The van der Waals surface area contributed by atoms with Crippen molar-refractivity contribution < 1.29 is 33.4 Å². The van der Waals surface area contributed by atoms with E-state index in [0.717, 1.165) is 35.2 Å². The van der Waals surface area contributed by atoms with Crippen LogP contribution >= 0.6 is 0 Å². The molecule has 2 aliphatic rings. The Morgan fingerprint density at radius 3 is 1.90 bits per heavy atom. The van der Waals surface area contributed by atoms with Gasteiger partial charge in [0.25, 0.3) is 0 Å². The van der Waals surface area contributed by atoms with Crippen molar-refractivity contribution in [1.29, 1.82) is 0 Å². The van der Waals surface area contributed by atoms with Gasteiger partial charge in [0, 0.05) is 25.3 Å². The monoisotopic (exact) mass is 715 g/mol. The first-order valence-electron chi connectivity index (χ1n) is 17.7. The van der Waals surface area contributed by atoms with E-state index in [4.69, 9.17) is 4.74 Å². The van der Waals surface area contributed by atoms with Crippen LogP contribution in [0.3, 0.4) is 0 Å². The maximum Gasteiger partial charge on any atom is 0.407 e. The maximum atomic E-state index is 13.5. The van der Waals surface area contributed by atoms with Gasteiger partial charge < -0.3 is 40.2 Å². The van der Waals surface area contributed by atoms with Crippen molar-refractivity contribution in [3.63, 3.8) is 0 Å². The third-order valence-electron chi connectivity index (χ3n) is 9.78. The Morgan fingerprint density at radius 1 is 0.769 bits per heavy atom. The summed E-state index contributed by atoms with van der Waals surface area (Å²) in [4.78, 5) is 74.8. The first-order chi connectivity index (χ1) is 24.9. The van der Waals surface area contributed by atoms with E-state index in [-0.39, 0.29) is 48.1 Å². The Balaban J connectivity index is 1.17. The van der Waals surface area contributed by atoms with Gasteiger partial charge in [0.05, 0.1) is 38.1 Å². The maximum absolute atomic E-state index is 13.5. The third-order valence-corrected chi connectivity index (χ3v) is 9.78. The fourth-order valence-electron chi connectivity index (χ4n) is 6.75. The molecule has 278 valence electrons. The molecule has 2 aromatic carbocycles. The first kappa shape index (κ1) is 37.8. The van der Waals surface area contributed by atoms with Crippen LogP contribution in [0.1, 0.15) is 58.8 Å². The topological polar surface area (TPSA) is 175 Å². The van der Waals surface area contributed by atoms with Crippen molar-refractivity contribution in [2.75, 3.05) is 39.2 Å². The largest absolute Gasteiger partial charge is 0.453 e. The summed E-state index contributed by atoms with van der Waals surface area (Å²) in [5, 5.41) is 8.26. The Bertz CT molecular complexity index is 1740. The predicted octanol–water partition coefficient (Wildman–Crippen LogP) is 4.96. The molecule has 4 N–H and O–H groups in total. The highest BCUT2D eigenvalue weighted by Crippen LogP contribution is 2.33. The van der Waals surface area contributed by atoms with Gasteiger partial charge in [0.2, 0.25) is 17.7 Å². The number of carbonyl (C=O) groups excluding carboxylic acids is 5. The minimum absolute atomic E-state index is 0.113. The van der Waals surface area contributed by atoms with Crippen LogP contribution in [0, 0.1) is 17.8 Å². The van der Waals surface area contributed by atoms with Crippen LogP contribution in [0.2, 0.25) is 0 Å². The molecule has 2 saturated heterocycles. The second-order valence-corrected chi connectivity index (χ2v) is 14.0. The molecule has 0 bridgehead atoms. The minimum Gasteiger partial charge on any atom is -0.453 e. The summed E-state index contributed by atoms with van der Waals surface area (Å²) >= 11 is 0. The van der Waals surface area contributed by atoms with Crippen LogP contribution in [0.4, 0.5) is 15.3 Å². The van der Waals surface area contributed by atoms with Gasteiger partial charge in [-0.05, 0) is 59.9 Å². The number of nitrogens with zero attached hydrogens (tertiary/aromatic N) is 3. The molecule has 3 aromatic rings. The summed E-state index contributed by atoms with van der Waals surface area (Å²) in [6.07, 6.45) is 2.62. The van der Waals surface area contributed by atoms with E-state index in [9.17, 15) is 24.0 Å². The number of imidazole rings is 1. The van der Waals surface area contributed by atoms with Gasteiger partial charge in [-0.25, -0.2) is 14.6 Å².